The summed E-state index contributed by atoms with van der Waals surface area (Å²) in [4.78, 5) is 2.42. The van der Waals surface area contributed by atoms with Crippen molar-refractivity contribution < 1.29 is 9.47 Å². The maximum Gasteiger partial charge on any atom is 0.164 e. The van der Waals surface area contributed by atoms with Gasteiger partial charge in [0, 0.05) is 49.4 Å². The van der Waals surface area contributed by atoms with Crippen molar-refractivity contribution in [1.29, 1.82) is 0 Å². The van der Waals surface area contributed by atoms with Crippen molar-refractivity contribution in [2.24, 2.45) is 0 Å². The Labute approximate surface area is 126 Å². The number of ether oxygens (including phenoxy) is 2. The predicted octanol–water partition coefficient (Wildman–Crippen LogP) is 2.32. The van der Waals surface area contributed by atoms with Gasteiger partial charge in [0.25, 0.3) is 0 Å². The quantitative estimate of drug-likeness (QED) is 0.904. The third-order valence-electron chi connectivity index (χ3n) is 3.78. The summed E-state index contributed by atoms with van der Waals surface area (Å²) < 4.78 is 10.9. The summed E-state index contributed by atoms with van der Waals surface area (Å²) in [6.45, 7) is 7.15. The van der Waals surface area contributed by atoms with Crippen molar-refractivity contribution in [2.75, 3.05) is 40.4 Å². The summed E-state index contributed by atoms with van der Waals surface area (Å²) in [7, 11) is 3.32. The summed E-state index contributed by atoms with van der Waals surface area (Å²) in [5.41, 5.74) is 2.31. The number of methoxy groups -OCH3 is 2. The number of halogens is 1. The first-order chi connectivity index (χ1) is 9.71. The Morgan fingerprint density at radius 2 is 1.90 bits per heavy atom. The van der Waals surface area contributed by atoms with Crippen LogP contribution in [0.25, 0.3) is 0 Å². The van der Waals surface area contributed by atoms with Crippen molar-refractivity contribution in [2.45, 2.75) is 19.9 Å². The molecule has 0 unspecified atom stereocenters. The maximum absolute atomic E-state index is 6.46. The predicted molar refractivity (Wildman–Crippen MR) is 82.1 cm³/mol. The first kappa shape index (κ1) is 15.4. The van der Waals surface area contributed by atoms with E-state index in [9.17, 15) is 0 Å². The van der Waals surface area contributed by atoms with E-state index < -0.39 is 0 Å². The van der Waals surface area contributed by atoms with E-state index in [4.69, 9.17) is 21.1 Å². The molecule has 0 amide bonds. The first-order valence-electron chi connectivity index (χ1n) is 7.06. The molecule has 112 valence electrons. The highest BCUT2D eigenvalue weighted by Crippen LogP contribution is 2.39. The van der Waals surface area contributed by atoms with Gasteiger partial charge in [0.05, 0.1) is 14.2 Å². The van der Waals surface area contributed by atoms with E-state index in [0.29, 0.717) is 5.75 Å². The van der Waals surface area contributed by atoms with Gasteiger partial charge in [-0.1, -0.05) is 18.5 Å². The normalized spacial score (nSPS) is 16.2. The van der Waals surface area contributed by atoms with Crippen LogP contribution in [0.5, 0.6) is 11.5 Å². The van der Waals surface area contributed by atoms with E-state index in [-0.39, 0.29) is 0 Å². The number of benzene rings is 1. The van der Waals surface area contributed by atoms with E-state index in [1.807, 2.05) is 6.07 Å². The third kappa shape index (κ3) is 3.19. The number of rotatable bonds is 5. The molecule has 1 heterocycles. The number of nitrogens with zero attached hydrogens (tertiary/aromatic N) is 1. The molecule has 0 bridgehead atoms. The van der Waals surface area contributed by atoms with Crippen LogP contribution in [0, 0.1) is 0 Å². The Balaban J connectivity index is 2.35. The molecule has 0 radical (unpaired) electrons. The van der Waals surface area contributed by atoms with Crippen LogP contribution in [-0.4, -0.2) is 45.3 Å². The molecule has 1 aromatic carbocycles. The molecule has 1 fully saturated rings. The molecule has 0 aliphatic carbocycles. The highest BCUT2D eigenvalue weighted by molar-refractivity contribution is 6.31. The first-order valence-corrected chi connectivity index (χ1v) is 7.44. The van der Waals surface area contributed by atoms with Gasteiger partial charge in [0.2, 0.25) is 0 Å². The standard InChI is InChI=1S/C15H23ClN2O2/c1-4-11-12(10-18-7-5-17-6-8-18)13(16)9-14(19-2)15(11)20-3/h9,17H,4-8,10H2,1-3H3. The summed E-state index contributed by atoms with van der Waals surface area (Å²) in [5.74, 6) is 1.52. The van der Waals surface area contributed by atoms with Crippen LogP contribution in [0.1, 0.15) is 18.1 Å². The van der Waals surface area contributed by atoms with Gasteiger partial charge in [-0.2, -0.15) is 0 Å². The molecule has 1 aromatic rings. The van der Waals surface area contributed by atoms with Crippen molar-refractivity contribution in [3.05, 3.63) is 22.2 Å². The van der Waals surface area contributed by atoms with Gasteiger partial charge in [0.1, 0.15) is 0 Å². The largest absolute Gasteiger partial charge is 0.493 e. The second-order valence-corrected chi connectivity index (χ2v) is 5.34. The van der Waals surface area contributed by atoms with Gasteiger partial charge < -0.3 is 14.8 Å². The van der Waals surface area contributed by atoms with E-state index in [2.05, 4.69) is 17.1 Å². The molecule has 0 atom stereocenters. The molecule has 2 rings (SSSR count). The second kappa shape index (κ2) is 7.16. The smallest absolute Gasteiger partial charge is 0.164 e. The Bertz CT molecular complexity index is 460. The third-order valence-corrected chi connectivity index (χ3v) is 4.11. The summed E-state index contributed by atoms with van der Waals surface area (Å²) in [5, 5.41) is 4.13. The van der Waals surface area contributed by atoms with Crippen LogP contribution in [0.2, 0.25) is 5.02 Å². The molecular formula is C15H23ClN2O2. The zero-order valence-corrected chi connectivity index (χ0v) is 13.2. The van der Waals surface area contributed by atoms with Crippen molar-refractivity contribution in [3.63, 3.8) is 0 Å². The zero-order valence-electron chi connectivity index (χ0n) is 12.5. The minimum Gasteiger partial charge on any atom is -0.493 e. The fourth-order valence-electron chi connectivity index (χ4n) is 2.71. The van der Waals surface area contributed by atoms with E-state index in [1.54, 1.807) is 14.2 Å². The lowest BCUT2D eigenvalue weighted by Crippen LogP contribution is -2.43. The van der Waals surface area contributed by atoms with E-state index in [0.717, 1.165) is 61.0 Å². The molecule has 1 N–H and O–H groups in total. The Kier molecular flexibility index (Phi) is 5.52. The maximum atomic E-state index is 6.46. The highest BCUT2D eigenvalue weighted by atomic mass is 35.5. The Hall–Kier alpha value is -0.970. The van der Waals surface area contributed by atoms with E-state index in [1.165, 1.54) is 0 Å². The van der Waals surface area contributed by atoms with Crippen molar-refractivity contribution in [3.8, 4) is 11.5 Å². The lowest BCUT2D eigenvalue weighted by Gasteiger charge is -2.29. The van der Waals surface area contributed by atoms with E-state index >= 15 is 0 Å². The number of nitrogens with one attached hydrogen (secondary N) is 1. The summed E-state index contributed by atoms with van der Waals surface area (Å²) >= 11 is 6.46. The molecule has 1 aliphatic rings. The van der Waals surface area contributed by atoms with Gasteiger partial charge in [-0.3, -0.25) is 4.90 Å². The van der Waals surface area contributed by atoms with Gasteiger partial charge in [-0.05, 0) is 12.0 Å². The summed E-state index contributed by atoms with van der Waals surface area (Å²) in [6.07, 6.45) is 0.877. The fourth-order valence-corrected chi connectivity index (χ4v) is 2.98. The molecule has 20 heavy (non-hydrogen) atoms. The SMILES string of the molecule is CCc1c(CN2CCNCC2)c(Cl)cc(OC)c1OC. The van der Waals surface area contributed by atoms with Crippen LogP contribution in [0.15, 0.2) is 6.07 Å². The van der Waals surface area contributed by atoms with Crippen molar-refractivity contribution >= 4 is 11.6 Å². The molecule has 0 aromatic heterocycles. The molecule has 1 aliphatic heterocycles. The second-order valence-electron chi connectivity index (χ2n) is 4.93. The molecule has 0 spiro atoms. The minimum absolute atomic E-state index is 0.707. The van der Waals surface area contributed by atoms with Crippen molar-refractivity contribution in [1.82, 2.24) is 10.2 Å². The zero-order chi connectivity index (χ0) is 14.5. The van der Waals surface area contributed by atoms with Gasteiger partial charge in [-0.15, -0.1) is 0 Å². The van der Waals surface area contributed by atoms with Crippen LogP contribution in [0.3, 0.4) is 0 Å². The number of hydrogen-bond donors (Lipinski definition) is 1. The molecule has 0 saturated carbocycles. The molecule has 5 heteroatoms. The van der Waals surface area contributed by atoms with Gasteiger partial charge in [0.15, 0.2) is 11.5 Å². The van der Waals surface area contributed by atoms with Crippen LogP contribution < -0.4 is 14.8 Å². The van der Waals surface area contributed by atoms with Crippen LogP contribution in [-0.2, 0) is 13.0 Å². The van der Waals surface area contributed by atoms with Crippen LogP contribution >= 0.6 is 11.6 Å². The fraction of sp³-hybridized carbons (Fsp3) is 0.600. The lowest BCUT2D eigenvalue weighted by atomic mass is 10.0. The highest BCUT2D eigenvalue weighted by Gasteiger charge is 2.20. The topological polar surface area (TPSA) is 33.7 Å². The monoisotopic (exact) mass is 298 g/mol. The van der Waals surface area contributed by atoms with Crippen LogP contribution in [0.4, 0.5) is 0 Å². The molecule has 4 nitrogen and oxygen atoms in total. The molecule has 1 saturated heterocycles. The van der Waals surface area contributed by atoms with Gasteiger partial charge in [-0.25, -0.2) is 0 Å². The lowest BCUT2D eigenvalue weighted by molar-refractivity contribution is 0.232. The minimum atomic E-state index is 0.707. The van der Waals surface area contributed by atoms with Gasteiger partial charge >= 0.3 is 0 Å². The molecular weight excluding hydrogens is 276 g/mol. The number of hydrogen-bond acceptors (Lipinski definition) is 4. The Morgan fingerprint density at radius 3 is 2.45 bits per heavy atom. The average molecular weight is 299 g/mol. The number of piperazine rings is 1. The average Bonchev–Trinajstić information content (AvgIpc) is 2.49. The summed E-state index contributed by atoms with van der Waals surface area (Å²) in [6, 6.07) is 1.86. The Morgan fingerprint density at radius 1 is 1.20 bits per heavy atom.